The van der Waals surface area contributed by atoms with Gasteiger partial charge in [0.25, 0.3) is 11.5 Å². The van der Waals surface area contributed by atoms with Crippen LogP contribution in [0.4, 0.5) is 14.6 Å². The highest BCUT2D eigenvalue weighted by Gasteiger charge is 2.47. The average Bonchev–Trinajstić information content (AvgIpc) is 3.75. The summed E-state index contributed by atoms with van der Waals surface area (Å²) < 4.78 is 57.7. The Hall–Kier alpha value is -3.38. The quantitative estimate of drug-likeness (QED) is 0.379. The van der Waals surface area contributed by atoms with Crippen LogP contribution in [0.3, 0.4) is 0 Å². The fourth-order valence-corrected chi connectivity index (χ4v) is 6.28. The summed E-state index contributed by atoms with van der Waals surface area (Å²) in [5.41, 5.74) is -0.438. The van der Waals surface area contributed by atoms with Crippen LogP contribution in [0.5, 0.6) is 0 Å². The summed E-state index contributed by atoms with van der Waals surface area (Å²) in [5, 5.41) is 13.5. The second-order valence-electron chi connectivity index (χ2n) is 12.1. The second-order valence-corrected chi connectivity index (χ2v) is 12.1. The van der Waals surface area contributed by atoms with Crippen LogP contribution in [-0.2, 0) is 17.9 Å². The molecule has 7 rings (SSSR count). The van der Waals surface area contributed by atoms with Crippen LogP contribution in [0, 0.1) is 24.2 Å². The molecule has 7 nitrogen and oxygen atoms in total. The van der Waals surface area contributed by atoms with Gasteiger partial charge in [-0.25, -0.2) is 18.7 Å². The van der Waals surface area contributed by atoms with E-state index in [4.69, 9.17) is 4.11 Å². The summed E-state index contributed by atoms with van der Waals surface area (Å²) in [6.07, 6.45) is 4.86. The van der Waals surface area contributed by atoms with Gasteiger partial charge in [-0.2, -0.15) is 5.26 Å². The van der Waals surface area contributed by atoms with Gasteiger partial charge < -0.3 is 10.2 Å². The molecule has 0 radical (unpaired) electrons. The molecule has 0 unspecified atom stereocenters. The summed E-state index contributed by atoms with van der Waals surface area (Å²) in [5.74, 6) is -2.35. The number of halogens is 2. The summed E-state index contributed by atoms with van der Waals surface area (Å²) in [6.45, 7) is 2.01. The first-order valence-corrected chi connectivity index (χ1v) is 14.7. The van der Waals surface area contributed by atoms with Crippen molar-refractivity contribution in [1.82, 2.24) is 19.4 Å². The summed E-state index contributed by atoms with van der Waals surface area (Å²) in [4.78, 5) is 25.3. The molecule has 1 saturated heterocycles. The lowest BCUT2D eigenvalue weighted by molar-refractivity contribution is -0.0291. The van der Waals surface area contributed by atoms with E-state index in [0.29, 0.717) is 48.2 Å². The fraction of sp³-hybridized carbons (Fsp3) is 0.562. The van der Waals surface area contributed by atoms with E-state index in [9.17, 15) is 10.1 Å². The van der Waals surface area contributed by atoms with Crippen LogP contribution in [0.1, 0.15) is 90.9 Å². The minimum Gasteiger partial charge on any atom is -0.363 e. The van der Waals surface area contributed by atoms with E-state index in [0.717, 1.165) is 45.3 Å². The van der Waals surface area contributed by atoms with E-state index in [1.807, 2.05) is 0 Å². The molecule has 41 heavy (non-hydrogen) atoms. The molecule has 1 aliphatic carbocycles. The van der Waals surface area contributed by atoms with Gasteiger partial charge in [0.15, 0.2) is 0 Å². The molecule has 1 atom stereocenters. The first-order valence-electron chi connectivity index (χ1n) is 16.2. The fourth-order valence-electron chi connectivity index (χ4n) is 6.28. The predicted molar refractivity (Wildman–Crippen MR) is 155 cm³/mol. The Morgan fingerprint density at radius 3 is 2.61 bits per heavy atom. The maximum absolute atomic E-state index is 15.5. The van der Waals surface area contributed by atoms with Crippen LogP contribution >= 0.6 is 0 Å². The van der Waals surface area contributed by atoms with E-state index in [1.165, 1.54) is 24.3 Å². The summed E-state index contributed by atoms with van der Waals surface area (Å²) in [7, 11) is 0. The molecule has 2 fully saturated rings. The van der Waals surface area contributed by atoms with Gasteiger partial charge in [-0.05, 0) is 76.0 Å². The predicted octanol–water partition coefficient (Wildman–Crippen LogP) is 6.21. The van der Waals surface area contributed by atoms with Crippen LogP contribution in [0.25, 0.3) is 11.0 Å². The van der Waals surface area contributed by atoms with E-state index < -0.39 is 24.2 Å². The lowest BCUT2D eigenvalue weighted by atomic mass is 9.90. The second kappa shape index (κ2) is 10.8. The number of pyridine rings is 1. The molecule has 3 aliphatic heterocycles. The third-order valence-corrected chi connectivity index (χ3v) is 8.97. The number of anilines is 1. The van der Waals surface area contributed by atoms with E-state index in [-0.39, 0.29) is 34.8 Å². The summed E-state index contributed by atoms with van der Waals surface area (Å²) in [6, 6.07) is 8.24. The maximum atomic E-state index is 15.5. The highest BCUT2D eigenvalue weighted by atomic mass is 19.3. The SMILES string of the molecule is [2H]C([2H])([2H])[C@H]1Nc2nc(C)nc3c2cc(C2(C#N)CC2)c(=O)n3CCCCCCN2CC(CCC(F)(F)c3cccc1c3)C2. The van der Waals surface area contributed by atoms with Gasteiger partial charge in [-0.3, -0.25) is 9.36 Å². The van der Waals surface area contributed by atoms with Crippen molar-refractivity contribution < 1.29 is 12.9 Å². The minimum absolute atomic E-state index is 0.189. The molecule has 4 aliphatic rings. The lowest BCUT2D eigenvalue weighted by Gasteiger charge is -2.40. The zero-order chi connectivity index (χ0) is 31.3. The first-order chi connectivity index (χ1) is 20.9. The Balaban J connectivity index is 1.48. The highest BCUT2D eigenvalue weighted by molar-refractivity contribution is 5.88. The average molecular weight is 564 g/mol. The van der Waals surface area contributed by atoms with Crippen molar-refractivity contribution in [2.24, 2.45) is 5.92 Å². The van der Waals surface area contributed by atoms with Gasteiger partial charge in [0.2, 0.25) is 0 Å². The van der Waals surface area contributed by atoms with Crippen molar-refractivity contribution in [1.29, 1.82) is 5.26 Å². The third-order valence-electron chi connectivity index (χ3n) is 8.97. The molecule has 2 aromatic heterocycles. The van der Waals surface area contributed by atoms with Gasteiger partial charge in [0, 0.05) is 47.3 Å². The molecular weight excluding hydrogens is 522 g/mol. The number of hydrogen-bond acceptors (Lipinski definition) is 6. The Morgan fingerprint density at radius 2 is 1.88 bits per heavy atom. The largest absolute Gasteiger partial charge is 0.363 e. The van der Waals surface area contributed by atoms with Gasteiger partial charge in [-0.1, -0.05) is 31.0 Å². The standard InChI is InChI=1S/C32H38F2N6O/c1-21-24-8-7-9-25(16-24)32(33,34)11-10-23-18-39(19-23)14-5-3-4-6-15-40-29-26(28(36-21)37-22(2)38-29)17-27(30(40)41)31(20-35)12-13-31/h7-9,16-17,21,23H,3-6,10-15,18-19H2,1-2H3,(H,36,37,38)/t21-/m1/s1/i1D3. The molecule has 9 heteroatoms. The Bertz CT molecular complexity index is 1660. The van der Waals surface area contributed by atoms with Crippen molar-refractivity contribution in [2.75, 3.05) is 25.0 Å². The van der Waals surface area contributed by atoms with Crippen molar-refractivity contribution in [2.45, 2.75) is 89.1 Å². The number of alkyl halides is 2. The smallest absolute Gasteiger partial charge is 0.273 e. The number of rotatable bonds is 1. The number of aryl methyl sites for hydroxylation is 2. The van der Waals surface area contributed by atoms with Gasteiger partial charge in [0.05, 0.1) is 16.9 Å². The van der Waals surface area contributed by atoms with Crippen LogP contribution in [0.15, 0.2) is 35.1 Å². The van der Waals surface area contributed by atoms with Crippen molar-refractivity contribution >= 4 is 16.9 Å². The summed E-state index contributed by atoms with van der Waals surface area (Å²) >= 11 is 0. The zero-order valence-electron chi connectivity index (χ0n) is 26.4. The first kappa shape index (κ1) is 24.2. The number of nitrogens with zero attached hydrogens (tertiary/aromatic N) is 5. The Kier molecular flexibility index (Phi) is 6.38. The minimum atomic E-state index is -3.10. The number of hydrogen-bond donors (Lipinski definition) is 1. The number of nitriles is 1. The third kappa shape index (κ3) is 5.46. The molecular formula is C32H38F2N6O. The number of benzene rings is 1. The molecule has 3 aromatic rings. The van der Waals surface area contributed by atoms with Crippen molar-refractivity contribution in [3.63, 3.8) is 0 Å². The normalized spacial score (nSPS) is 27.2. The Morgan fingerprint density at radius 1 is 1.10 bits per heavy atom. The van der Waals surface area contributed by atoms with Gasteiger partial charge in [0.1, 0.15) is 17.3 Å². The topological polar surface area (TPSA) is 86.8 Å². The Labute approximate surface area is 243 Å². The molecule has 1 saturated carbocycles. The molecule has 1 N–H and O–H groups in total. The van der Waals surface area contributed by atoms with Crippen LogP contribution in [0.2, 0.25) is 0 Å². The van der Waals surface area contributed by atoms with Gasteiger partial charge in [-0.15, -0.1) is 0 Å². The van der Waals surface area contributed by atoms with Gasteiger partial charge >= 0.3 is 0 Å². The molecule has 216 valence electrons. The zero-order valence-corrected chi connectivity index (χ0v) is 23.4. The maximum Gasteiger partial charge on any atom is 0.273 e. The number of nitrogens with one attached hydrogen (secondary N) is 1. The lowest BCUT2D eigenvalue weighted by Crippen LogP contribution is -2.47. The van der Waals surface area contributed by atoms with Crippen LogP contribution in [-0.4, -0.2) is 39.1 Å². The van der Waals surface area contributed by atoms with Crippen molar-refractivity contribution in [3.8, 4) is 6.07 Å². The molecule has 5 heterocycles. The monoisotopic (exact) mass is 563 g/mol. The van der Waals surface area contributed by atoms with E-state index >= 15 is 8.78 Å². The molecule has 0 amide bonds. The van der Waals surface area contributed by atoms with E-state index in [1.54, 1.807) is 17.6 Å². The molecule has 1 aromatic carbocycles. The van der Waals surface area contributed by atoms with Crippen molar-refractivity contribution in [3.05, 3.63) is 63.2 Å². The molecule has 0 spiro atoms. The highest BCUT2D eigenvalue weighted by Crippen LogP contribution is 2.47. The van der Waals surface area contributed by atoms with E-state index in [2.05, 4.69) is 26.3 Å². The number of aromatic nitrogens is 3. The molecule has 8 bridgehead atoms. The van der Waals surface area contributed by atoms with Crippen LogP contribution < -0.4 is 10.9 Å². The number of fused-ring (bicyclic) bond motifs is 8.